The first-order valence-corrected chi connectivity index (χ1v) is 7.01. The molecule has 0 unspecified atom stereocenters. The number of benzene rings is 2. The standard InChI is InChI=1S/C17H19NO3/c1-18(2)14-7-5-12(6-8-14)3-4-13-9-15(19)17-16(10-13)20-11-21-17/h5-10,19H,3-4,11H2,1-2H3. The van der Waals surface area contributed by atoms with Crippen LogP contribution < -0.4 is 14.4 Å². The van der Waals surface area contributed by atoms with E-state index in [1.165, 1.54) is 11.3 Å². The molecule has 0 radical (unpaired) electrons. The highest BCUT2D eigenvalue weighted by Crippen LogP contribution is 2.41. The zero-order valence-corrected chi connectivity index (χ0v) is 12.3. The first kappa shape index (κ1) is 13.6. The van der Waals surface area contributed by atoms with Crippen molar-refractivity contribution in [2.75, 3.05) is 25.8 Å². The van der Waals surface area contributed by atoms with Crippen LogP contribution in [0.4, 0.5) is 5.69 Å². The molecule has 1 aliphatic heterocycles. The maximum Gasteiger partial charge on any atom is 0.231 e. The number of fused-ring (bicyclic) bond motifs is 1. The molecule has 4 nitrogen and oxygen atoms in total. The summed E-state index contributed by atoms with van der Waals surface area (Å²) in [6.45, 7) is 0.179. The molecule has 110 valence electrons. The molecular formula is C17H19NO3. The lowest BCUT2D eigenvalue weighted by molar-refractivity contribution is 0.171. The van der Waals surface area contributed by atoms with Crippen LogP contribution in [0.25, 0.3) is 0 Å². The highest BCUT2D eigenvalue weighted by molar-refractivity contribution is 5.54. The van der Waals surface area contributed by atoms with Crippen molar-refractivity contribution in [3.8, 4) is 17.2 Å². The molecule has 0 saturated carbocycles. The van der Waals surface area contributed by atoms with Gasteiger partial charge in [0.1, 0.15) is 0 Å². The fourth-order valence-electron chi connectivity index (χ4n) is 2.44. The third-order valence-corrected chi connectivity index (χ3v) is 3.67. The molecule has 2 aromatic rings. The van der Waals surface area contributed by atoms with E-state index in [0.717, 1.165) is 18.4 Å². The van der Waals surface area contributed by atoms with E-state index in [1.807, 2.05) is 20.2 Å². The van der Waals surface area contributed by atoms with E-state index in [-0.39, 0.29) is 12.5 Å². The van der Waals surface area contributed by atoms with E-state index >= 15 is 0 Å². The Morgan fingerprint density at radius 2 is 1.71 bits per heavy atom. The summed E-state index contributed by atoms with van der Waals surface area (Å²) in [5, 5.41) is 9.90. The Labute approximate surface area is 124 Å². The molecule has 0 aromatic heterocycles. The van der Waals surface area contributed by atoms with E-state index in [2.05, 4.69) is 29.2 Å². The van der Waals surface area contributed by atoms with Gasteiger partial charge in [0.25, 0.3) is 0 Å². The van der Waals surface area contributed by atoms with Gasteiger partial charge in [-0.3, -0.25) is 0 Å². The second-order valence-electron chi connectivity index (χ2n) is 5.41. The Balaban J connectivity index is 1.69. The summed E-state index contributed by atoms with van der Waals surface area (Å²) in [6.07, 6.45) is 1.78. The van der Waals surface area contributed by atoms with Gasteiger partial charge in [-0.25, -0.2) is 0 Å². The normalized spacial score (nSPS) is 12.5. The molecule has 3 rings (SSSR count). The van der Waals surface area contributed by atoms with Gasteiger partial charge in [-0.05, 0) is 48.2 Å². The average Bonchev–Trinajstić information content (AvgIpc) is 2.94. The molecule has 0 fully saturated rings. The number of anilines is 1. The van der Waals surface area contributed by atoms with Crippen LogP contribution in [-0.2, 0) is 12.8 Å². The van der Waals surface area contributed by atoms with Crippen molar-refractivity contribution in [3.05, 3.63) is 47.5 Å². The number of phenols is 1. The molecule has 1 heterocycles. The maximum atomic E-state index is 9.90. The highest BCUT2D eigenvalue weighted by atomic mass is 16.7. The molecule has 0 amide bonds. The number of hydrogen-bond acceptors (Lipinski definition) is 4. The second kappa shape index (κ2) is 5.56. The summed E-state index contributed by atoms with van der Waals surface area (Å²) in [4.78, 5) is 2.08. The summed E-state index contributed by atoms with van der Waals surface area (Å²) in [5.41, 5.74) is 3.52. The van der Waals surface area contributed by atoms with Crippen molar-refractivity contribution < 1.29 is 14.6 Å². The van der Waals surface area contributed by atoms with Crippen LogP contribution >= 0.6 is 0 Å². The maximum absolute atomic E-state index is 9.90. The van der Waals surface area contributed by atoms with Crippen molar-refractivity contribution in [3.63, 3.8) is 0 Å². The van der Waals surface area contributed by atoms with Crippen molar-refractivity contribution in [1.82, 2.24) is 0 Å². The molecule has 1 aliphatic rings. The number of rotatable bonds is 4. The lowest BCUT2D eigenvalue weighted by Crippen LogP contribution is -2.08. The van der Waals surface area contributed by atoms with Crippen LogP contribution in [0.1, 0.15) is 11.1 Å². The van der Waals surface area contributed by atoms with E-state index < -0.39 is 0 Å². The van der Waals surface area contributed by atoms with Gasteiger partial charge in [-0.15, -0.1) is 0 Å². The average molecular weight is 285 g/mol. The first-order chi connectivity index (χ1) is 10.1. The van der Waals surface area contributed by atoms with Crippen LogP contribution in [0, 0.1) is 0 Å². The molecular weight excluding hydrogens is 266 g/mol. The van der Waals surface area contributed by atoms with Crippen molar-refractivity contribution in [1.29, 1.82) is 0 Å². The van der Waals surface area contributed by atoms with Gasteiger partial charge in [0.2, 0.25) is 12.5 Å². The Bertz CT molecular complexity index is 635. The van der Waals surface area contributed by atoms with E-state index in [0.29, 0.717) is 11.5 Å². The fraction of sp³-hybridized carbons (Fsp3) is 0.294. The van der Waals surface area contributed by atoms with E-state index in [1.54, 1.807) is 6.07 Å². The molecule has 0 saturated heterocycles. The van der Waals surface area contributed by atoms with Gasteiger partial charge in [0.05, 0.1) is 0 Å². The van der Waals surface area contributed by atoms with Crippen LogP contribution in [0.15, 0.2) is 36.4 Å². The summed E-state index contributed by atoms with van der Waals surface area (Å²) in [7, 11) is 4.06. The summed E-state index contributed by atoms with van der Waals surface area (Å²) in [5.74, 6) is 1.24. The van der Waals surface area contributed by atoms with Crippen LogP contribution in [0.5, 0.6) is 17.2 Å². The lowest BCUT2D eigenvalue weighted by Gasteiger charge is -2.12. The first-order valence-electron chi connectivity index (χ1n) is 7.01. The summed E-state index contributed by atoms with van der Waals surface area (Å²) >= 11 is 0. The van der Waals surface area contributed by atoms with Gasteiger partial charge in [0.15, 0.2) is 11.5 Å². The molecule has 0 spiro atoms. The summed E-state index contributed by atoms with van der Waals surface area (Å²) in [6, 6.07) is 12.2. The van der Waals surface area contributed by atoms with E-state index in [9.17, 15) is 5.11 Å². The van der Waals surface area contributed by atoms with Gasteiger partial charge in [0, 0.05) is 19.8 Å². The number of ether oxygens (including phenoxy) is 2. The van der Waals surface area contributed by atoms with Crippen LogP contribution in [0.3, 0.4) is 0 Å². The fourth-order valence-corrected chi connectivity index (χ4v) is 2.44. The molecule has 0 atom stereocenters. The topological polar surface area (TPSA) is 41.9 Å². The zero-order valence-electron chi connectivity index (χ0n) is 12.3. The molecule has 0 bridgehead atoms. The minimum Gasteiger partial charge on any atom is -0.504 e. The highest BCUT2D eigenvalue weighted by Gasteiger charge is 2.18. The molecule has 2 aromatic carbocycles. The van der Waals surface area contributed by atoms with E-state index in [4.69, 9.17) is 9.47 Å². The van der Waals surface area contributed by atoms with Crippen LogP contribution in [-0.4, -0.2) is 26.0 Å². The predicted molar refractivity (Wildman–Crippen MR) is 82.4 cm³/mol. The monoisotopic (exact) mass is 285 g/mol. The quantitative estimate of drug-likeness (QED) is 0.937. The van der Waals surface area contributed by atoms with Gasteiger partial charge in [-0.1, -0.05) is 12.1 Å². The SMILES string of the molecule is CN(C)c1ccc(CCc2cc(O)c3c(c2)OCO3)cc1. The third kappa shape index (κ3) is 2.89. The van der Waals surface area contributed by atoms with Crippen molar-refractivity contribution in [2.45, 2.75) is 12.8 Å². The van der Waals surface area contributed by atoms with Gasteiger partial charge >= 0.3 is 0 Å². The molecule has 4 heteroatoms. The number of aromatic hydroxyl groups is 1. The number of phenolic OH excluding ortho intramolecular Hbond substituents is 1. The number of aryl methyl sites for hydroxylation is 2. The Kier molecular flexibility index (Phi) is 3.60. The molecule has 1 N–H and O–H groups in total. The number of hydrogen-bond donors (Lipinski definition) is 1. The lowest BCUT2D eigenvalue weighted by atomic mass is 10.0. The van der Waals surface area contributed by atoms with Crippen molar-refractivity contribution >= 4 is 5.69 Å². The van der Waals surface area contributed by atoms with Gasteiger partial charge < -0.3 is 19.5 Å². The minimum atomic E-state index is 0.156. The van der Waals surface area contributed by atoms with Crippen LogP contribution in [0.2, 0.25) is 0 Å². The minimum absolute atomic E-state index is 0.156. The second-order valence-corrected chi connectivity index (χ2v) is 5.41. The number of nitrogens with zero attached hydrogens (tertiary/aromatic N) is 1. The smallest absolute Gasteiger partial charge is 0.231 e. The Hall–Kier alpha value is -2.36. The Morgan fingerprint density at radius 1 is 1.00 bits per heavy atom. The Morgan fingerprint density at radius 3 is 2.43 bits per heavy atom. The van der Waals surface area contributed by atoms with Crippen molar-refractivity contribution in [2.24, 2.45) is 0 Å². The molecule has 21 heavy (non-hydrogen) atoms. The zero-order chi connectivity index (χ0) is 14.8. The van der Waals surface area contributed by atoms with Gasteiger partial charge in [-0.2, -0.15) is 0 Å². The molecule has 0 aliphatic carbocycles. The third-order valence-electron chi connectivity index (χ3n) is 3.67. The summed E-state index contributed by atoms with van der Waals surface area (Å²) < 4.78 is 10.5. The predicted octanol–water partition coefficient (Wildman–Crippen LogP) is 2.97. The largest absolute Gasteiger partial charge is 0.504 e.